The fourth-order valence-electron chi connectivity index (χ4n) is 1.99. The van der Waals surface area contributed by atoms with Crippen LogP contribution in [0.3, 0.4) is 0 Å². The van der Waals surface area contributed by atoms with Crippen molar-refractivity contribution in [3.63, 3.8) is 0 Å². The number of carbonyl (C=O) groups excluding carboxylic acids is 1. The molecule has 0 atom stereocenters. The zero-order valence-electron chi connectivity index (χ0n) is 12.4. The first kappa shape index (κ1) is 17.3. The molecule has 0 heterocycles. The van der Waals surface area contributed by atoms with E-state index in [4.69, 9.17) is 0 Å². The van der Waals surface area contributed by atoms with Crippen LogP contribution >= 0.6 is 0 Å². The van der Waals surface area contributed by atoms with E-state index in [0.717, 1.165) is 30.3 Å². The number of hydrogen-bond acceptors (Lipinski definition) is 7. The Labute approximate surface area is 140 Å². The number of phenolic OH excluding ortho intramolecular Hbond substituents is 1. The molecule has 2 aromatic carbocycles. The van der Waals surface area contributed by atoms with Crippen LogP contribution < -0.4 is 0 Å². The van der Waals surface area contributed by atoms with E-state index in [0.29, 0.717) is 0 Å². The third-order valence-corrected chi connectivity index (χ3v) is 3.21. The highest BCUT2D eigenvalue weighted by Gasteiger charge is 2.17. The second-order valence-corrected chi connectivity index (χ2v) is 4.81. The fourth-order valence-corrected chi connectivity index (χ4v) is 1.99. The first-order valence-electron chi connectivity index (χ1n) is 6.72. The number of nitro groups is 2. The number of allylic oxidation sites excluding steroid dienone is 1. The number of ketones is 1. The summed E-state index contributed by atoms with van der Waals surface area (Å²) in [4.78, 5) is 32.5. The average molecular weight is 339 g/mol. The SMILES string of the molecule is N#C/C(=C\c1cc([N+](=O)[O-])ccc1O)C(=O)c1cccc([N+](=O)[O-])c1. The summed E-state index contributed by atoms with van der Waals surface area (Å²) < 4.78 is 0. The van der Waals surface area contributed by atoms with Gasteiger partial charge in [0.15, 0.2) is 0 Å². The summed E-state index contributed by atoms with van der Waals surface area (Å²) in [7, 11) is 0. The van der Waals surface area contributed by atoms with Crippen LogP contribution in [0.15, 0.2) is 48.0 Å². The molecule has 0 bridgehead atoms. The van der Waals surface area contributed by atoms with Gasteiger partial charge in [-0.2, -0.15) is 5.26 Å². The van der Waals surface area contributed by atoms with Gasteiger partial charge in [-0.05, 0) is 12.1 Å². The maximum absolute atomic E-state index is 12.4. The van der Waals surface area contributed by atoms with Crippen molar-refractivity contribution in [1.29, 1.82) is 5.26 Å². The maximum atomic E-state index is 12.4. The Morgan fingerprint density at radius 2 is 1.72 bits per heavy atom. The molecule has 1 N–H and O–H groups in total. The lowest BCUT2D eigenvalue weighted by molar-refractivity contribution is -0.385. The van der Waals surface area contributed by atoms with Gasteiger partial charge in [0.2, 0.25) is 5.78 Å². The van der Waals surface area contributed by atoms with E-state index in [1.807, 2.05) is 0 Å². The molecule has 25 heavy (non-hydrogen) atoms. The van der Waals surface area contributed by atoms with E-state index in [9.17, 15) is 35.4 Å². The normalized spacial score (nSPS) is 10.8. The molecule has 9 heteroatoms. The van der Waals surface area contributed by atoms with Gasteiger partial charge < -0.3 is 5.11 Å². The first-order valence-corrected chi connectivity index (χ1v) is 6.72. The van der Waals surface area contributed by atoms with E-state index >= 15 is 0 Å². The third kappa shape index (κ3) is 3.83. The third-order valence-electron chi connectivity index (χ3n) is 3.21. The Balaban J connectivity index is 2.48. The minimum Gasteiger partial charge on any atom is -0.507 e. The van der Waals surface area contributed by atoms with E-state index < -0.39 is 21.2 Å². The molecule has 2 aromatic rings. The van der Waals surface area contributed by atoms with Crippen molar-refractivity contribution >= 4 is 23.2 Å². The molecule has 0 saturated carbocycles. The molecule has 0 aliphatic carbocycles. The van der Waals surface area contributed by atoms with Gasteiger partial charge in [0.25, 0.3) is 11.4 Å². The standard InChI is InChI=1S/C16H9N3O6/c17-9-12(6-11-8-14(19(24)25)4-5-15(11)20)16(21)10-2-1-3-13(7-10)18(22)23/h1-8,20H/b12-6+. The predicted molar refractivity (Wildman–Crippen MR) is 85.8 cm³/mol. The number of non-ortho nitro benzene ring substituents is 2. The number of phenols is 1. The number of hydrogen-bond donors (Lipinski definition) is 1. The lowest BCUT2D eigenvalue weighted by atomic mass is 10.0. The number of nitriles is 1. The van der Waals surface area contributed by atoms with Crippen LogP contribution in [0.1, 0.15) is 15.9 Å². The van der Waals surface area contributed by atoms with E-state index in [-0.39, 0.29) is 28.3 Å². The smallest absolute Gasteiger partial charge is 0.270 e. The van der Waals surface area contributed by atoms with Crippen molar-refractivity contribution < 1.29 is 19.7 Å². The summed E-state index contributed by atoms with van der Waals surface area (Å²) in [6.07, 6.45) is 0.990. The van der Waals surface area contributed by atoms with E-state index in [1.54, 1.807) is 6.07 Å². The second kappa shape index (κ2) is 7.01. The highest BCUT2D eigenvalue weighted by Crippen LogP contribution is 2.26. The molecular weight excluding hydrogens is 330 g/mol. The molecule has 2 rings (SSSR count). The van der Waals surface area contributed by atoms with Crippen LogP contribution in [0.5, 0.6) is 5.75 Å². The topological polar surface area (TPSA) is 147 Å². The minimum absolute atomic E-state index is 0.0908. The molecule has 0 saturated heterocycles. The van der Waals surface area contributed by atoms with Crippen LogP contribution in [0, 0.1) is 31.6 Å². The number of aromatic hydroxyl groups is 1. The molecule has 124 valence electrons. The van der Waals surface area contributed by atoms with Crippen molar-refractivity contribution in [3.05, 3.63) is 79.4 Å². The molecule has 0 radical (unpaired) electrons. The number of rotatable bonds is 5. The van der Waals surface area contributed by atoms with Crippen molar-refractivity contribution in [3.8, 4) is 11.8 Å². The predicted octanol–water partition coefficient (Wildman–Crippen LogP) is 3.00. The molecule has 0 spiro atoms. The number of Topliss-reactive ketones (excluding diaryl/α,β-unsaturated/α-hetero) is 1. The van der Waals surface area contributed by atoms with Crippen molar-refractivity contribution in [2.24, 2.45) is 0 Å². The molecule has 0 amide bonds. The molecule has 0 aromatic heterocycles. The molecule has 0 aliphatic rings. The average Bonchev–Trinajstić information content (AvgIpc) is 2.60. The highest BCUT2D eigenvalue weighted by molar-refractivity contribution is 6.14. The number of carbonyl (C=O) groups is 1. The summed E-state index contributed by atoms with van der Waals surface area (Å²) in [5, 5.41) is 40.5. The summed E-state index contributed by atoms with van der Waals surface area (Å²) >= 11 is 0. The first-order chi connectivity index (χ1) is 11.8. The molecule has 9 nitrogen and oxygen atoms in total. The van der Waals surface area contributed by atoms with Crippen LogP contribution in [-0.4, -0.2) is 20.7 Å². The van der Waals surface area contributed by atoms with Gasteiger partial charge in [-0.25, -0.2) is 0 Å². The quantitative estimate of drug-likeness (QED) is 0.289. The summed E-state index contributed by atoms with van der Waals surface area (Å²) in [5.41, 5.74) is -1.27. The molecule has 0 unspecified atom stereocenters. The Kier molecular flexibility index (Phi) is 4.85. The molecule has 0 aliphatic heterocycles. The Hall–Kier alpha value is -4.06. The van der Waals surface area contributed by atoms with Gasteiger partial charge in [0.1, 0.15) is 17.4 Å². The Bertz CT molecular complexity index is 959. The van der Waals surface area contributed by atoms with Crippen molar-refractivity contribution in [1.82, 2.24) is 0 Å². The monoisotopic (exact) mass is 339 g/mol. The van der Waals surface area contributed by atoms with Crippen molar-refractivity contribution in [2.45, 2.75) is 0 Å². The highest BCUT2D eigenvalue weighted by atomic mass is 16.6. The van der Waals surface area contributed by atoms with E-state index in [1.165, 1.54) is 18.2 Å². The Morgan fingerprint density at radius 1 is 1.08 bits per heavy atom. The van der Waals surface area contributed by atoms with Gasteiger partial charge in [0, 0.05) is 35.4 Å². The number of nitrogens with zero attached hydrogens (tertiary/aromatic N) is 3. The Morgan fingerprint density at radius 3 is 2.32 bits per heavy atom. The summed E-state index contributed by atoms with van der Waals surface area (Å²) in [6.45, 7) is 0. The van der Waals surface area contributed by atoms with Crippen molar-refractivity contribution in [2.75, 3.05) is 0 Å². The van der Waals surface area contributed by atoms with Gasteiger partial charge in [0.05, 0.1) is 9.85 Å². The fraction of sp³-hybridized carbons (Fsp3) is 0. The van der Waals surface area contributed by atoms with Gasteiger partial charge in [-0.3, -0.25) is 25.0 Å². The molecular formula is C16H9N3O6. The lowest BCUT2D eigenvalue weighted by Gasteiger charge is -2.02. The second-order valence-electron chi connectivity index (χ2n) is 4.81. The van der Waals surface area contributed by atoms with Gasteiger partial charge >= 0.3 is 0 Å². The van der Waals surface area contributed by atoms with Crippen LogP contribution in [-0.2, 0) is 0 Å². The summed E-state index contributed by atoms with van der Waals surface area (Å²) in [5.74, 6) is -1.16. The largest absolute Gasteiger partial charge is 0.507 e. The minimum atomic E-state index is -0.808. The van der Waals surface area contributed by atoms with Gasteiger partial charge in [-0.1, -0.05) is 12.1 Å². The van der Waals surface area contributed by atoms with Crippen LogP contribution in [0.25, 0.3) is 6.08 Å². The number of nitro benzene ring substituents is 2. The van der Waals surface area contributed by atoms with Gasteiger partial charge in [-0.15, -0.1) is 0 Å². The molecule has 0 fully saturated rings. The zero-order chi connectivity index (χ0) is 18.6. The van der Waals surface area contributed by atoms with Crippen LogP contribution in [0.2, 0.25) is 0 Å². The van der Waals surface area contributed by atoms with Crippen LogP contribution in [0.4, 0.5) is 11.4 Å². The van der Waals surface area contributed by atoms with E-state index in [2.05, 4.69) is 0 Å². The lowest BCUT2D eigenvalue weighted by Crippen LogP contribution is -2.03. The maximum Gasteiger partial charge on any atom is 0.270 e. The zero-order valence-corrected chi connectivity index (χ0v) is 12.4. The number of benzene rings is 2. The summed E-state index contributed by atoms with van der Waals surface area (Å²) in [6, 6.07) is 9.58.